The molecule has 43 heavy (non-hydrogen) atoms. The van der Waals surface area contributed by atoms with Gasteiger partial charge in [-0.2, -0.15) is 0 Å². The molecule has 0 bridgehead atoms. The number of amides is 4. The van der Waals surface area contributed by atoms with Gasteiger partial charge in [-0.1, -0.05) is 65.0 Å². The zero-order valence-electron chi connectivity index (χ0n) is 25.4. The Hall–Kier alpha value is -4.19. The van der Waals surface area contributed by atoms with Gasteiger partial charge in [0.2, 0.25) is 17.7 Å². The van der Waals surface area contributed by atoms with Crippen molar-refractivity contribution in [2.45, 2.75) is 84.3 Å². The summed E-state index contributed by atoms with van der Waals surface area (Å²) in [6, 6.07) is 6.05. The van der Waals surface area contributed by atoms with E-state index in [1.165, 1.54) is 23.5 Å². The van der Waals surface area contributed by atoms with Gasteiger partial charge in [-0.3, -0.25) is 24.2 Å². The van der Waals surface area contributed by atoms with Crippen LogP contribution in [-0.2, 0) is 30.5 Å². The molecule has 4 amide bonds. The van der Waals surface area contributed by atoms with Crippen LogP contribution in [0.15, 0.2) is 48.9 Å². The Kier molecular flexibility index (Phi) is 12.3. The minimum Gasteiger partial charge on any atom is -0.372 e. The summed E-state index contributed by atoms with van der Waals surface area (Å²) in [4.78, 5) is 74.3. The van der Waals surface area contributed by atoms with Gasteiger partial charge in [-0.25, -0.2) is 4.98 Å². The van der Waals surface area contributed by atoms with E-state index in [2.05, 4.69) is 25.9 Å². The fraction of sp³-hybridized carbons (Fsp3) is 0.516. The largest absolute Gasteiger partial charge is 0.372 e. The summed E-state index contributed by atoms with van der Waals surface area (Å²) in [5.74, 6) is -2.65. The second-order valence-electron chi connectivity index (χ2n) is 11.3. The molecule has 3 rings (SSSR count). The highest BCUT2D eigenvalue weighted by molar-refractivity contribution is 5.98. The van der Waals surface area contributed by atoms with Gasteiger partial charge in [0, 0.05) is 25.4 Å². The first-order valence-corrected chi connectivity index (χ1v) is 14.6. The number of ether oxygens (including phenoxy) is 1. The van der Waals surface area contributed by atoms with E-state index in [4.69, 9.17) is 4.74 Å². The molecule has 12 nitrogen and oxygen atoms in total. The van der Waals surface area contributed by atoms with Gasteiger partial charge >= 0.3 is 0 Å². The highest BCUT2D eigenvalue weighted by Gasteiger charge is 2.44. The van der Waals surface area contributed by atoms with Crippen molar-refractivity contribution in [1.82, 2.24) is 30.8 Å². The molecule has 3 N–H and O–H groups in total. The predicted octanol–water partition coefficient (Wildman–Crippen LogP) is 1.65. The van der Waals surface area contributed by atoms with E-state index in [1.54, 1.807) is 34.6 Å². The fourth-order valence-corrected chi connectivity index (χ4v) is 4.81. The normalized spacial score (nSPS) is 18.5. The van der Waals surface area contributed by atoms with E-state index in [1.807, 2.05) is 30.3 Å². The number of hydrogen-bond acceptors (Lipinski definition) is 8. The quantitative estimate of drug-likeness (QED) is 0.279. The Morgan fingerprint density at radius 1 is 1.00 bits per heavy atom. The number of nitrogens with zero attached hydrogens (tertiary/aromatic N) is 3. The fourth-order valence-electron chi connectivity index (χ4n) is 4.81. The standard InChI is InChI=1S/C31H42N6O6/c1-6-22(17-38)34-29(40)25-14-23(43-18-21-10-8-7-9-11-21)16-37(25)31(42)27(20(4)5)36-30(41)26(19(2)3)35-28(39)24-15-32-12-13-33-24/h7-13,15,17,19-20,22-23,25-27H,6,14,16,18H2,1-5H3,(H,34,40)(H,35,39)(H,36,41)/t22-,23+,25-,26+,27+/m0/s1. The number of aldehydes is 1. The van der Waals surface area contributed by atoms with E-state index in [9.17, 15) is 24.0 Å². The monoisotopic (exact) mass is 594 g/mol. The smallest absolute Gasteiger partial charge is 0.272 e. The minimum absolute atomic E-state index is 0.0607. The molecular formula is C31H42N6O6. The van der Waals surface area contributed by atoms with Crippen LogP contribution >= 0.6 is 0 Å². The summed E-state index contributed by atoms with van der Waals surface area (Å²) in [7, 11) is 0. The SMILES string of the molecule is CC[C@@H](C=O)NC(=O)[C@@H]1C[C@@H](OCc2ccccc2)CN1C(=O)[C@H](NC(=O)[C@H](NC(=O)c1cnccn1)C(C)C)C(C)C. The van der Waals surface area contributed by atoms with E-state index in [0.717, 1.165) is 5.56 Å². The minimum atomic E-state index is -0.988. The lowest BCUT2D eigenvalue weighted by molar-refractivity contribution is -0.143. The highest BCUT2D eigenvalue weighted by Crippen LogP contribution is 2.24. The number of hydrogen-bond donors (Lipinski definition) is 3. The van der Waals surface area contributed by atoms with Crippen molar-refractivity contribution in [3.05, 3.63) is 60.2 Å². The summed E-state index contributed by atoms with van der Waals surface area (Å²) in [6.07, 6.45) is 4.99. The molecule has 2 heterocycles. The lowest BCUT2D eigenvalue weighted by atomic mass is 9.98. The summed E-state index contributed by atoms with van der Waals surface area (Å²) in [5.41, 5.74) is 1.02. The maximum absolute atomic E-state index is 14.0. The maximum atomic E-state index is 14.0. The van der Waals surface area contributed by atoms with Gasteiger partial charge in [-0.05, 0) is 23.8 Å². The van der Waals surface area contributed by atoms with E-state index < -0.39 is 53.9 Å². The Bertz CT molecular complexity index is 1240. The third kappa shape index (κ3) is 9.15. The van der Waals surface area contributed by atoms with Crippen LogP contribution in [0.25, 0.3) is 0 Å². The zero-order chi connectivity index (χ0) is 31.5. The lowest BCUT2D eigenvalue weighted by Gasteiger charge is -2.32. The highest BCUT2D eigenvalue weighted by atomic mass is 16.5. The Labute approximate surface area is 252 Å². The van der Waals surface area contributed by atoms with Crippen LogP contribution in [-0.4, -0.2) is 81.6 Å². The topological polar surface area (TPSA) is 160 Å². The second-order valence-corrected chi connectivity index (χ2v) is 11.3. The summed E-state index contributed by atoms with van der Waals surface area (Å²) in [6.45, 7) is 9.36. The first-order chi connectivity index (χ1) is 20.5. The van der Waals surface area contributed by atoms with Crippen LogP contribution in [0.2, 0.25) is 0 Å². The van der Waals surface area contributed by atoms with Crippen LogP contribution in [0.1, 0.15) is 63.5 Å². The average Bonchev–Trinajstić information content (AvgIpc) is 3.44. The molecule has 1 aliphatic rings. The molecule has 1 aromatic heterocycles. The molecule has 232 valence electrons. The van der Waals surface area contributed by atoms with Crippen molar-refractivity contribution >= 4 is 29.9 Å². The van der Waals surface area contributed by atoms with Crippen LogP contribution in [0.4, 0.5) is 0 Å². The van der Waals surface area contributed by atoms with Crippen LogP contribution < -0.4 is 16.0 Å². The lowest BCUT2D eigenvalue weighted by Crippen LogP contribution is -2.59. The van der Waals surface area contributed by atoms with Crippen LogP contribution in [0.5, 0.6) is 0 Å². The molecule has 0 radical (unpaired) electrons. The van der Waals surface area contributed by atoms with Gasteiger partial charge in [-0.15, -0.1) is 0 Å². The molecule has 1 aromatic carbocycles. The summed E-state index contributed by atoms with van der Waals surface area (Å²) in [5, 5.41) is 8.22. The molecule has 1 aliphatic heterocycles. The third-order valence-electron chi connectivity index (χ3n) is 7.37. The predicted molar refractivity (Wildman–Crippen MR) is 158 cm³/mol. The summed E-state index contributed by atoms with van der Waals surface area (Å²) >= 11 is 0. The number of aromatic nitrogens is 2. The van der Waals surface area contributed by atoms with Crippen molar-refractivity contribution in [2.75, 3.05) is 6.54 Å². The van der Waals surface area contributed by atoms with Crippen LogP contribution in [0.3, 0.4) is 0 Å². The van der Waals surface area contributed by atoms with E-state index in [0.29, 0.717) is 19.3 Å². The molecule has 1 fully saturated rings. The van der Waals surface area contributed by atoms with Crippen molar-refractivity contribution in [1.29, 1.82) is 0 Å². The molecule has 0 saturated carbocycles. The van der Waals surface area contributed by atoms with Crippen molar-refractivity contribution < 1.29 is 28.7 Å². The van der Waals surface area contributed by atoms with Gasteiger partial charge in [0.25, 0.3) is 5.91 Å². The van der Waals surface area contributed by atoms with Gasteiger partial charge in [0.1, 0.15) is 30.1 Å². The van der Waals surface area contributed by atoms with E-state index >= 15 is 0 Å². The van der Waals surface area contributed by atoms with Gasteiger partial charge < -0.3 is 30.4 Å². The van der Waals surface area contributed by atoms with Crippen molar-refractivity contribution in [3.8, 4) is 0 Å². The summed E-state index contributed by atoms with van der Waals surface area (Å²) < 4.78 is 6.09. The molecule has 12 heteroatoms. The zero-order valence-corrected chi connectivity index (χ0v) is 25.4. The number of carbonyl (C=O) groups excluding carboxylic acids is 5. The molecule has 5 atom stereocenters. The van der Waals surface area contributed by atoms with Crippen LogP contribution in [0, 0.1) is 11.8 Å². The number of benzene rings is 1. The molecule has 1 saturated heterocycles. The Balaban J connectivity index is 1.78. The van der Waals surface area contributed by atoms with Crippen molar-refractivity contribution in [3.63, 3.8) is 0 Å². The first-order valence-electron chi connectivity index (χ1n) is 14.6. The Morgan fingerprint density at radius 2 is 1.70 bits per heavy atom. The number of carbonyl (C=O) groups is 5. The Morgan fingerprint density at radius 3 is 2.28 bits per heavy atom. The third-order valence-corrected chi connectivity index (χ3v) is 7.37. The maximum Gasteiger partial charge on any atom is 0.272 e. The average molecular weight is 595 g/mol. The van der Waals surface area contributed by atoms with Gasteiger partial charge in [0.15, 0.2) is 0 Å². The molecular weight excluding hydrogens is 552 g/mol. The van der Waals surface area contributed by atoms with E-state index in [-0.39, 0.29) is 30.5 Å². The number of likely N-dealkylation sites (tertiary alicyclic amines) is 1. The second kappa shape index (κ2) is 15.9. The first kappa shape index (κ1) is 33.3. The molecule has 2 aromatic rings. The molecule has 0 unspecified atom stereocenters. The molecule has 0 spiro atoms. The molecule has 0 aliphatic carbocycles. The number of nitrogens with one attached hydrogen (secondary N) is 3. The number of rotatable bonds is 14. The van der Waals surface area contributed by atoms with Gasteiger partial charge in [0.05, 0.1) is 24.9 Å². The van der Waals surface area contributed by atoms with Crippen molar-refractivity contribution in [2.24, 2.45) is 11.8 Å².